The first-order valence-electron chi connectivity index (χ1n) is 13.0. The van der Waals surface area contributed by atoms with E-state index in [1.807, 2.05) is 47.9 Å². The van der Waals surface area contributed by atoms with Gasteiger partial charge in [-0.05, 0) is 61.1 Å². The van der Waals surface area contributed by atoms with Gasteiger partial charge in [0.05, 0.1) is 25.0 Å². The van der Waals surface area contributed by atoms with E-state index in [0.29, 0.717) is 31.6 Å². The van der Waals surface area contributed by atoms with Crippen molar-refractivity contribution in [3.8, 4) is 16.9 Å². The number of fused-ring (bicyclic) bond motifs is 1. The summed E-state index contributed by atoms with van der Waals surface area (Å²) < 4.78 is 7.17. The lowest BCUT2D eigenvalue weighted by atomic mass is 9.88. The molecular weight excluding hydrogens is 466 g/mol. The number of ether oxygens (including phenoxy) is 1. The van der Waals surface area contributed by atoms with Crippen molar-refractivity contribution in [3.05, 3.63) is 64.7 Å². The van der Waals surface area contributed by atoms with Gasteiger partial charge >= 0.3 is 0 Å². The average Bonchev–Trinajstić information content (AvgIpc) is 3.59. The van der Waals surface area contributed by atoms with E-state index in [0.717, 1.165) is 64.5 Å². The fourth-order valence-electron chi connectivity index (χ4n) is 5.66. The first-order valence-corrected chi connectivity index (χ1v) is 13.0. The summed E-state index contributed by atoms with van der Waals surface area (Å²) in [5.41, 5.74) is 6.77. The van der Waals surface area contributed by atoms with Crippen molar-refractivity contribution in [3.63, 3.8) is 0 Å². The quantitative estimate of drug-likeness (QED) is 0.537. The van der Waals surface area contributed by atoms with Crippen LogP contribution in [0.25, 0.3) is 11.1 Å². The maximum atomic E-state index is 13.8. The molecule has 1 aliphatic carbocycles. The summed E-state index contributed by atoms with van der Waals surface area (Å²) in [4.78, 5) is 24.5. The average molecular weight is 500 g/mol. The third-order valence-corrected chi connectivity index (χ3v) is 7.68. The molecule has 0 radical (unpaired) electrons. The number of rotatable bonds is 7. The molecule has 0 spiro atoms. The number of pyridine rings is 1. The largest absolute Gasteiger partial charge is 0.497 e. The highest BCUT2D eigenvalue weighted by molar-refractivity contribution is 5.99. The molecule has 2 aliphatic heterocycles. The SMILES string of the molecule is COc1ccnc(CN2CCc3c(cc(CN4CCN(C5CC5)C4=N)cc3-c3cn(C)nc3C)C2=O)c1. The number of amides is 1. The molecule has 9 heteroatoms. The Kier molecular flexibility index (Phi) is 5.85. The van der Waals surface area contributed by atoms with E-state index in [1.54, 1.807) is 13.3 Å². The number of carbonyl (C=O) groups excluding carboxylic acids is 1. The summed E-state index contributed by atoms with van der Waals surface area (Å²) in [6.45, 7) is 5.45. The number of nitrogens with one attached hydrogen (secondary N) is 1. The maximum Gasteiger partial charge on any atom is 0.254 e. The van der Waals surface area contributed by atoms with Crippen LogP contribution < -0.4 is 4.74 Å². The van der Waals surface area contributed by atoms with Crippen LogP contribution in [0.4, 0.5) is 0 Å². The standard InChI is InChI=1S/C28H33N7O2/c1-18-26(17-32(2)31-18)24-12-19(15-34-10-11-35(28(34)29)21-4-5-21)13-25-23(24)7-9-33(27(25)36)16-20-14-22(37-3)6-8-30-20/h6,8,12-14,17,21,29H,4-5,7,9-11,15-16H2,1-3H3. The Morgan fingerprint density at radius 3 is 2.59 bits per heavy atom. The van der Waals surface area contributed by atoms with Crippen molar-refractivity contribution in [2.24, 2.45) is 7.05 Å². The molecule has 6 rings (SSSR count). The molecular formula is C28H33N7O2. The zero-order valence-corrected chi connectivity index (χ0v) is 21.7. The molecule has 1 saturated carbocycles. The number of aromatic nitrogens is 3. The smallest absolute Gasteiger partial charge is 0.254 e. The van der Waals surface area contributed by atoms with Crippen LogP contribution in [0, 0.1) is 12.3 Å². The van der Waals surface area contributed by atoms with Crippen LogP contribution >= 0.6 is 0 Å². The molecule has 4 heterocycles. The molecule has 3 aliphatic rings. The molecule has 192 valence electrons. The summed E-state index contributed by atoms with van der Waals surface area (Å²) in [7, 11) is 3.56. The number of benzene rings is 1. The van der Waals surface area contributed by atoms with E-state index in [4.69, 9.17) is 10.1 Å². The van der Waals surface area contributed by atoms with Crippen LogP contribution in [0.2, 0.25) is 0 Å². The summed E-state index contributed by atoms with van der Waals surface area (Å²) in [5.74, 6) is 1.36. The molecule has 9 nitrogen and oxygen atoms in total. The lowest BCUT2D eigenvalue weighted by molar-refractivity contribution is 0.0724. The predicted octanol–water partition coefficient (Wildman–Crippen LogP) is 3.21. The van der Waals surface area contributed by atoms with Crippen molar-refractivity contribution in [1.82, 2.24) is 29.5 Å². The monoisotopic (exact) mass is 499 g/mol. The summed E-state index contributed by atoms with van der Waals surface area (Å²) in [6.07, 6.45) is 6.90. The van der Waals surface area contributed by atoms with Crippen LogP contribution in [0.3, 0.4) is 0 Å². The number of methoxy groups -OCH3 is 1. The van der Waals surface area contributed by atoms with Crippen molar-refractivity contribution in [2.75, 3.05) is 26.7 Å². The summed E-state index contributed by atoms with van der Waals surface area (Å²) >= 11 is 0. The van der Waals surface area contributed by atoms with Crippen LogP contribution in [-0.4, -0.2) is 74.1 Å². The minimum Gasteiger partial charge on any atom is -0.497 e. The summed E-state index contributed by atoms with van der Waals surface area (Å²) in [6, 6.07) is 8.49. The van der Waals surface area contributed by atoms with Crippen LogP contribution in [0.5, 0.6) is 5.75 Å². The van der Waals surface area contributed by atoms with E-state index < -0.39 is 0 Å². The highest BCUT2D eigenvalue weighted by Gasteiger charge is 2.37. The molecule has 37 heavy (non-hydrogen) atoms. The van der Waals surface area contributed by atoms with E-state index in [-0.39, 0.29) is 5.91 Å². The third-order valence-electron chi connectivity index (χ3n) is 7.68. The van der Waals surface area contributed by atoms with Crippen LogP contribution in [0.15, 0.2) is 36.7 Å². The predicted molar refractivity (Wildman–Crippen MR) is 140 cm³/mol. The Bertz CT molecular complexity index is 1380. The Morgan fingerprint density at radius 1 is 1.05 bits per heavy atom. The van der Waals surface area contributed by atoms with Gasteiger partial charge in [-0.3, -0.25) is 19.9 Å². The summed E-state index contributed by atoms with van der Waals surface area (Å²) in [5, 5.41) is 13.3. The third kappa shape index (κ3) is 4.43. The number of hydrogen-bond donors (Lipinski definition) is 1. The maximum absolute atomic E-state index is 13.8. The molecule has 1 N–H and O–H groups in total. The van der Waals surface area contributed by atoms with Gasteiger partial charge in [-0.15, -0.1) is 0 Å². The Hall–Kier alpha value is -3.88. The molecule has 0 bridgehead atoms. The Labute approximate surface area is 217 Å². The molecule has 2 fully saturated rings. The van der Waals surface area contributed by atoms with Crippen molar-refractivity contribution >= 4 is 11.9 Å². The highest BCUT2D eigenvalue weighted by Crippen LogP contribution is 2.35. The van der Waals surface area contributed by atoms with Crippen molar-refractivity contribution in [2.45, 2.75) is 45.3 Å². The topological polar surface area (TPSA) is 90.6 Å². The fourth-order valence-corrected chi connectivity index (χ4v) is 5.66. The first-order chi connectivity index (χ1) is 17.9. The number of guanidine groups is 1. The molecule has 2 aromatic heterocycles. The number of hydrogen-bond acceptors (Lipinski definition) is 5. The van der Waals surface area contributed by atoms with Gasteiger partial charge in [-0.25, -0.2) is 0 Å². The lowest BCUT2D eigenvalue weighted by Gasteiger charge is -2.31. The Balaban J connectivity index is 1.34. The van der Waals surface area contributed by atoms with Gasteiger partial charge < -0.3 is 19.4 Å². The second-order valence-corrected chi connectivity index (χ2v) is 10.3. The lowest BCUT2D eigenvalue weighted by Crippen LogP contribution is -2.38. The van der Waals surface area contributed by atoms with Crippen LogP contribution in [-0.2, 0) is 26.6 Å². The van der Waals surface area contributed by atoms with Gasteiger partial charge in [0.2, 0.25) is 0 Å². The number of aryl methyl sites for hydroxylation is 2. The van der Waals surface area contributed by atoms with E-state index in [2.05, 4.69) is 25.9 Å². The van der Waals surface area contributed by atoms with Gasteiger partial charge in [-0.2, -0.15) is 5.10 Å². The number of nitrogens with zero attached hydrogens (tertiary/aromatic N) is 6. The van der Waals surface area contributed by atoms with E-state index >= 15 is 0 Å². The van der Waals surface area contributed by atoms with Crippen molar-refractivity contribution < 1.29 is 9.53 Å². The fraction of sp³-hybridized carbons (Fsp3) is 0.429. The number of carbonyl (C=O) groups is 1. The van der Waals surface area contributed by atoms with Gasteiger partial charge in [-0.1, -0.05) is 0 Å². The molecule has 1 aromatic carbocycles. The van der Waals surface area contributed by atoms with Gasteiger partial charge in [0.1, 0.15) is 5.75 Å². The normalized spacial score (nSPS) is 17.5. The Morgan fingerprint density at radius 2 is 1.86 bits per heavy atom. The van der Waals surface area contributed by atoms with E-state index in [9.17, 15) is 4.79 Å². The molecule has 3 aromatic rings. The first kappa shape index (κ1) is 23.5. The zero-order chi connectivity index (χ0) is 25.7. The van der Waals surface area contributed by atoms with Gasteiger partial charge in [0, 0.05) is 68.9 Å². The zero-order valence-electron chi connectivity index (χ0n) is 21.7. The second-order valence-electron chi connectivity index (χ2n) is 10.3. The van der Waals surface area contributed by atoms with Gasteiger partial charge in [0.25, 0.3) is 5.91 Å². The molecule has 1 saturated heterocycles. The minimum atomic E-state index is 0.0200. The minimum absolute atomic E-state index is 0.0200. The molecule has 0 atom stereocenters. The van der Waals surface area contributed by atoms with E-state index in [1.165, 1.54) is 12.8 Å². The highest BCUT2D eigenvalue weighted by atomic mass is 16.5. The van der Waals surface area contributed by atoms with Crippen LogP contribution in [0.1, 0.15) is 45.7 Å². The van der Waals surface area contributed by atoms with Crippen molar-refractivity contribution in [1.29, 1.82) is 5.41 Å². The molecule has 0 unspecified atom stereocenters. The second kappa shape index (κ2) is 9.21. The van der Waals surface area contributed by atoms with Gasteiger partial charge in [0.15, 0.2) is 5.96 Å². The molecule has 1 amide bonds.